The minimum Gasteiger partial charge on any atom is -0.381 e. The first-order valence-electron chi connectivity index (χ1n) is 16.4. The van der Waals surface area contributed by atoms with Crippen LogP contribution in [0.25, 0.3) is 11.1 Å². The van der Waals surface area contributed by atoms with Crippen molar-refractivity contribution >= 4 is 23.6 Å². The number of nitriles is 1. The summed E-state index contributed by atoms with van der Waals surface area (Å²) in [6.07, 6.45) is 12.5. The molecule has 3 fully saturated rings. The number of aromatic nitrogens is 5. The number of nitrogens with zero attached hydrogens (tertiary/aromatic N) is 8. The highest BCUT2D eigenvalue weighted by Gasteiger charge is 2.42. The van der Waals surface area contributed by atoms with E-state index >= 15 is 0 Å². The number of urea groups is 1. The Labute approximate surface area is 274 Å². The highest BCUT2D eigenvalue weighted by atomic mass is 16.5. The molecule has 0 bridgehead atoms. The molecule has 2 N–H and O–H groups in total. The zero-order chi connectivity index (χ0) is 32.2. The van der Waals surface area contributed by atoms with Crippen molar-refractivity contribution in [1.29, 1.82) is 5.26 Å². The van der Waals surface area contributed by atoms with Gasteiger partial charge in [-0.1, -0.05) is 30.3 Å². The van der Waals surface area contributed by atoms with Gasteiger partial charge < -0.3 is 20.3 Å². The number of rotatable bonds is 8. The van der Waals surface area contributed by atoms with Gasteiger partial charge in [0.15, 0.2) is 5.82 Å². The van der Waals surface area contributed by atoms with Gasteiger partial charge in [-0.05, 0) is 56.2 Å². The molecule has 47 heavy (non-hydrogen) atoms. The quantitative estimate of drug-likeness (QED) is 0.278. The van der Waals surface area contributed by atoms with Gasteiger partial charge in [-0.2, -0.15) is 15.3 Å². The van der Waals surface area contributed by atoms with Crippen molar-refractivity contribution in [3.05, 3.63) is 78.4 Å². The SMILES string of the molecule is Cn1cc(-c2ccc(N(C(=O)NCc3ccccc3)[C@H]3CC[C@H](Nc4ncc(C#N)c(N5CCC6(CCOC6)C5)n4)CC3)nc2)cn1. The van der Waals surface area contributed by atoms with Gasteiger partial charge in [-0.15, -0.1) is 0 Å². The number of ether oxygens (including phenoxy) is 1. The third kappa shape index (κ3) is 6.76. The summed E-state index contributed by atoms with van der Waals surface area (Å²) in [6.45, 7) is 3.72. The monoisotopic (exact) mass is 632 g/mol. The molecule has 0 radical (unpaired) electrons. The number of benzene rings is 1. The molecule has 2 saturated heterocycles. The Morgan fingerprint density at radius 2 is 1.91 bits per heavy atom. The summed E-state index contributed by atoms with van der Waals surface area (Å²) in [5.74, 6) is 1.86. The molecule has 5 heterocycles. The van der Waals surface area contributed by atoms with Crippen LogP contribution in [0.3, 0.4) is 0 Å². The first kappa shape index (κ1) is 30.6. The van der Waals surface area contributed by atoms with Gasteiger partial charge in [-0.25, -0.2) is 14.8 Å². The molecular weight excluding hydrogens is 592 g/mol. The number of carbonyl (C=O) groups is 1. The largest absolute Gasteiger partial charge is 0.381 e. The molecule has 2 aliphatic heterocycles. The van der Waals surface area contributed by atoms with E-state index in [9.17, 15) is 10.1 Å². The van der Waals surface area contributed by atoms with Crippen LogP contribution in [0.2, 0.25) is 0 Å². The second-order valence-corrected chi connectivity index (χ2v) is 13.0. The Kier molecular flexibility index (Phi) is 8.72. The Morgan fingerprint density at radius 3 is 2.62 bits per heavy atom. The Balaban J connectivity index is 1.03. The first-order chi connectivity index (χ1) is 23.0. The summed E-state index contributed by atoms with van der Waals surface area (Å²) in [5, 5.41) is 20.7. The molecule has 4 aromatic rings. The molecule has 1 aliphatic carbocycles. The lowest BCUT2D eigenvalue weighted by Gasteiger charge is -2.36. The van der Waals surface area contributed by atoms with E-state index in [-0.39, 0.29) is 23.5 Å². The van der Waals surface area contributed by atoms with E-state index in [0.717, 1.165) is 81.5 Å². The number of hydrogen-bond donors (Lipinski definition) is 2. The average Bonchev–Trinajstić information content (AvgIpc) is 3.87. The van der Waals surface area contributed by atoms with Crippen molar-refractivity contribution < 1.29 is 9.53 Å². The van der Waals surface area contributed by atoms with E-state index in [4.69, 9.17) is 14.7 Å². The van der Waals surface area contributed by atoms with Crippen molar-refractivity contribution in [1.82, 2.24) is 30.0 Å². The van der Waals surface area contributed by atoms with E-state index in [0.29, 0.717) is 29.7 Å². The summed E-state index contributed by atoms with van der Waals surface area (Å²) < 4.78 is 7.46. The maximum atomic E-state index is 13.8. The topological polar surface area (TPSA) is 137 Å². The molecule has 12 nitrogen and oxygen atoms in total. The van der Waals surface area contributed by atoms with E-state index in [1.54, 1.807) is 17.1 Å². The fraction of sp³-hybridized carbons (Fsp3) is 0.429. The molecule has 2 amide bonds. The number of pyridine rings is 1. The number of aryl methyl sites for hydroxylation is 1. The van der Waals surface area contributed by atoms with Crippen molar-refractivity contribution in [2.45, 2.75) is 57.2 Å². The van der Waals surface area contributed by atoms with Gasteiger partial charge in [0.05, 0.1) is 19.0 Å². The number of nitrogens with one attached hydrogen (secondary N) is 2. The summed E-state index contributed by atoms with van der Waals surface area (Å²) in [5.41, 5.74) is 3.62. The van der Waals surface area contributed by atoms with Crippen LogP contribution in [0.5, 0.6) is 0 Å². The van der Waals surface area contributed by atoms with Crippen LogP contribution in [0, 0.1) is 16.7 Å². The molecule has 1 aromatic carbocycles. The standard InChI is InChI=1S/C35H40N10O2/c1-43-22-28(21-40-43)26-7-12-31(37-19-26)45(34(46)39-18-25-5-3-2-4-6-25)30-10-8-29(9-11-30)41-33-38-20-27(17-36)32(42-33)44-15-13-35(23-44)14-16-47-24-35/h2-7,12,19-22,29-30H,8-11,13-16,18,23-24H2,1H3,(H,39,46)(H,38,41,42)/t29-,30-,35?. The molecule has 12 heteroatoms. The summed E-state index contributed by atoms with van der Waals surface area (Å²) in [6, 6.07) is 16.1. The predicted molar refractivity (Wildman–Crippen MR) is 179 cm³/mol. The lowest BCUT2D eigenvalue weighted by molar-refractivity contribution is 0.160. The minimum absolute atomic E-state index is 0.0209. The minimum atomic E-state index is -0.164. The maximum absolute atomic E-state index is 13.8. The molecule has 1 spiro atoms. The zero-order valence-electron chi connectivity index (χ0n) is 26.7. The van der Waals surface area contributed by atoms with Crippen molar-refractivity contribution in [3.8, 4) is 17.2 Å². The van der Waals surface area contributed by atoms with Crippen LogP contribution in [0.1, 0.15) is 49.7 Å². The lowest BCUT2D eigenvalue weighted by atomic mass is 9.87. The van der Waals surface area contributed by atoms with Crippen LogP contribution < -0.4 is 20.4 Å². The second kappa shape index (κ2) is 13.4. The molecule has 242 valence electrons. The van der Waals surface area contributed by atoms with Crippen LogP contribution >= 0.6 is 0 Å². The van der Waals surface area contributed by atoms with E-state index < -0.39 is 0 Å². The molecule has 1 unspecified atom stereocenters. The number of amides is 2. The highest BCUT2D eigenvalue weighted by Crippen LogP contribution is 2.40. The normalized spacial score (nSPS) is 22.3. The van der Waals surface area contributed by atoms with Gasteiger partial charge >= 0.3 is 6.03 Å². The van der Waals surface area contributed by atoms with Gasteiger partial charge in [0, 0.05) is 74.3 Å². The van der Waals surface area contributed by atoms with E-state index in [2.05, 4.69) is 31.7 Å². The summed E-state index contributed by atoms with van der Waals surface area (Å²) in [7, 11) is 1.89. The zero-order valence-corrected chi connectivity index (χ0v) is 26.7. The number of anilines is 3. The number of hydrogen-bond acceptors (Lipinski definition) is 9. The van der Waals surface area contributed by atoms with Gasteiger partial charge in [0.25, 0.3) is 0 Å². The second-order valence-electron chi connectivity index (χ2n) is 13.0. The Morgan fingerprint density at radius 1 is 1.06 bits per heavy atom. The fourth-order valence-corrected chi connectivity index (χ4v) is 7.10. The van der Waals surface area contributed by atoms with Crippen molar-refractivity contribution in [2.75, 3.05) is 41.4 Å². The molecule has 1 atom stereocenters. The lowest BCUT2D eigenvalue weighted by Crippen LogP contribution is -2.49. The van der Waals surface area contributed by atoms with Crippen LogP contribution in [-0.4, -0.2) is 69.2 Å². The Bertz CT molecular complexity index is 1720. The number of carbonyl (C=O) groups excluding carboxylic acids is 1. The van der Waals surface area contributed by atoms with Gasteiger partial charge in [0.1, 0.15) is 17.5 Å². The third-order valence-electron chi connectivity index (χ3n) is 9.75. The van der Waals surface area contributed by atoms with Crippen LogP contribution in [0.15, 0.2) is 67.3 Å². The Hall–Kier alpha value is -5.02. The van der Waals surface area contributed by atoms with Gasteiger partial charge in [0.2, 0.25) is 5.95 Å². The van der Waals surface area contributed by atoms with Crippen molar-refractivity contribution in [2.24, 2.45) is 12.5 Å². The molecule has 3 aliphatic rings. The first-order valence-corrected chi connectivity index (χ1v) is 16.4. The smallest absolute Gasteiger partial charge is 0.323 e. The fourth-order valence-electron chi connectivity index (χ4n) is 7.10. The van der Waals surface area contributed by atoms with Crippen molar-refractivity contribution in [3.63, 3.8) is 0 Å². The van der Waals surface area contributed by atoms with Gasteiger partial charge in [-0.3, -0.25) is 9.58 Å². The summed E-state index contributed by atoms with van der Waals surface area (Å²) >= 11 is 0. The molecule has 1 saturated carbocycles. The average molecular weight is 633 g/mol. The molecular formula is C35H40N10O2. The van der Waals surface area contributed by atoms with Crippen LogP contribution in [0.4, 0.5) is 22.4 Å². The highest BCUT2D eigenvalue weighted by molar-refractivity contribution is 5.91. The van der Waals surface area contributed by atoms with Crippen LogP contribution in [-0.2, 0) is 18.3 Å². The molecule has 7 rings (SSSR count). The summed E-state index contributed by atoms with van der Waals surface area (Å²) in [4.78, 5) is 31.9. The van der Waals surface area contributed by atoms with E-state index in [1.807, 2.05) is 66.8 Å². The van der Waals surface area contributed by atoms with E-state index in [1.165, 1.54) is 0 Å². The molecule has 3 aromatic heterocycles. The maximum Gasteiger partial charge on any atom is 0.323 e. The third-order valence-corrected chi connectivity index (χ3v) is 9.75. The predicted octanol–water partition coefficient (Wildman–Crippen LogP) is 4.90.